The van der Waals surface area contributed by atoms with E-state index in [0.717, 1.165) is 12.1 Å². The van der Waals surface area contributed by atoms with Gasteiger partial charge in [0.1, 0.15) is 5.75 Å². The third-order valence-corrected chi connectivity index (χ3v) is 4.74. The number of H-pyrrole nitrogens is 1. The lowest BCUT2D eigenvalue weighted by molar-refractivity contribution is -0.274. The van der Waals surface area contributed by atoms with Crippen LogP contribution in [0.3, 0.4) is 0 Å². The second kappa shape index (κ2) is 7.89. The van der Waals surface area contributed by atoms with Gasteiger partial charge >= 0.3 is 6.36 Å². The fourth-order valence-corrected chi connectivity index (χ4v) is 3.09. The molecule has 0 fully saturated rings. The molecule has 5 N–H and O–H groups in total. The van der Waals surface area contributed by atoms with Crippen molar-refractivity contribution in [2.24, 2.45) is 15.4 Å². The molecule has 0 aliphatic heterocycles. The smallest absolute Gasteiger partial charge is 0.493 e. The highest BCUT2D eigenvalue weighted by Crippen LogP contribution is 2.38. The van der Waals surface area contributed by atoms with Crippen molar-refractivity contribution in [3.63, 3.8) is 0 Å². The molecule has 0 aliphatic carbocycles. The molecule has 9 nitrogen and oxygen atoms in total. The van der Waals surface area contributed by atoms with Gasteiger partial charge in [0.25, 0.3) is 0 Å². The van der Waals surface area contributed by atoms with E-state index in [1.807, 2.05) is 0 Å². The van der Waals surface area contributed by atoms with E-state index in [1.54, 1.807) is 0 Å². The summed E-state index contributed by atoms with van der Waals surface area (Å²) in [6.45, 7) is 0. The van der Waals surface area contributed by atoms with Gasteiger partial charge in [-0.2, -0.15) is 0 Å². The van der Waals surface area contributed by atoms with Crippen molar-refractivity contribution in [1.29, 1.82) is 0 Å². The SMILES string of the molecule is NS(=O)(=O)c1ccc(NC(=S)N=Nc2c(O)[nH]c3ccc(OC(F)(F)F)cc23)cc1. The average Bonchev–Trinajstić information content (AvgIpc) is 2.93. The van der Waals surface area contributed by atoms with Crippen LogP contribution >= 0.6 is 12.2 Å². The van der Waals surface area contributed by atoms with Gasteiger partial charge in [0, 0.05) is 11.1 Å². The molecule has 0 bridgehead atoms. The highest BCUT2D eigenvalue weighted by atomic mass is 32.2. The fourth-order valence-electron chi connectivity index (χ4n) is 2.41. The van der Waals surface area contributed by atoms with Gasteiger partial charge in [0.2, 0.25) is 21.0 Å². The zero-order valence-electron chi connectivity index (χ0n) is 14.6. The van der Waals surface area contributed by atoms with Crippen molar-refractivity contribution in [3.8, 4) is 11.6 Å². The summed E-state index contributed by atoms with van der Waals surface area (Å²) in [5.74, 6) is -0.931. The highest BCUT2D eigenvalue weighted by molar-refractivity contribution is 7.89. The van der Waals surface area contributed by atoms with E-state index in [9.17, 15) is 26.7 Å². The van der Waals surface area contributed by atoms with E-state index >= 15 is 0 Å². The Hall–Kier alpha value is -3.23. The molecule has 0 unspecified atom stereocenters. The third kappa shape index (κ3) is 5.22. The second-order valence-electron chi connectivity index (χ2n) is 5.78. The molecule has 3 aromatic rings. The number of fused-ring (bicyclic) bond motifs is 1. The highest BCUT2D eigenvalue weighted by Gasteiger charge is 2.31. The molecule has 158 valence electrons. The summed E-state index contributed by atoms with van der Waals surface area (Å²) in [5.41, 5.74) is 0.537. The molecule has 0 spiro atoms. The standard InChI is InChI=1S/C16H12F3N5O4S2/c17-16(18,19)28-9-3-6-12-11(7-9)13(14(25)22-12)23-24-15(29)21-8-1-4-10(5-2-8)30(20,26)27/h1-7,22,25H,(H,21,29)(H2,20,26,27). The summed E-state index contributed by atoms with van der Waals surface area (Å²) in [6, 6.07) is 8.69. The first-order valence-corrected chi connectivity index (χ1v) is 9.84. The Morgan fingerprint density at radius 3 is 2.47 bits per heavy atom. The number of ether oxygens (including phenoxy) is 1. The molecule has 2 aromatic carbocycles. The largest absolute Gasteiger partial charge is 0.573 e. The van der Waals surface area contributed by atoms with Crippen LogP contribution < -0.4 is 15.2 Å². The number of rotatable bonds is 4. The molecular formula is C16H12F3N5O4S2. The number of azo groups is 1. The number of anilines is 1. The number of thiocarbonyl (C=S) groups is 1. The Balaban J connectivity index is 1.80. The topological polar surface area (TPSA) is 142 Å². The predicted molar refractivity (Wildman–Crippen MR) is 105 cm³/mol. The molecule has 30 heavy (non-hydrogen) atoms. The van der Waals surface area contributed by atoms with Crippen molar-refractivity contribution in [1.82, 2.24) is 4.98 Å². The lowest BCUT2D eigenvalue weighted by Gasteiger charge is -2.08. The number of aromatic amines is 1. The molecule has 1 heterocycles. The maximum absolute atomic E-state index is 12.4. The molecule has 0 amide bonds. The van der Waals surface area contributed by atoms with E-state index in [1.165, 1.54) is 30.3 Å². The Morgan fingerprint density at radius 1 is 1.20 bits per heavy atom. The first-order chi connectivity index (χ1) is 13.9. The minimum absolute atomic E-state index is 0.0961. The van der Waals surface area contributed by atoms with Crippen LogP contribution in [0.15, 0.2) is 57.6 Å². The Bertz CT molecular complexity index is 1240. The lowest BCUT2D eigenvalue weighted by atomic mass is 10.2. The number of halogens is 3. The second-order valence-corrected chi connectivity index (χ2v) is 7.73. The van der Waals surface area contributed by atoms with Crippen LogP contribution in [0.1, 0.15) is 0 Å². The molecular weight excluding hydrogens is 447 g/mol. The number of primary sulfonamides is 1. The van der Waals surface area contributed by atoms with Crippen LogP contribution in [0.4, 0.5) is 24.5 Å². The summed E-state index contributed by atoms with van der Waals surface area (Å²) in [5, 5.41) is 25.1. The third-order valence-electron chi connectivity index (χ3n) is 3.63. The van der Waals surface area contributed by atoms with Gasteiger partial charge in [-0.1, -0.05) is 0 Å². The first kappa shape index (κ1) is 21.5. The van der Waals surface area contributed by atoms with Crippen LogP contribution in [0.25, 0.3) is 10.9 Å². The van der Waals surface area contributed by atoms with Crippen LogP contribution in [0.5, 0.6) is 11.6 Å². The van der Waals surface area contributed by atoms with Gasteiger partial charge in [0.05, 0.1) is 10.4 Å². The number of nitrogens with zero attached hydrogens (tertiary/aromatic N) is 2. The predicted octanol–water partition coefficient (Wildman–Crippen LogP) is 3.90. The van der Waals surface area contributed by atoms with Gasteiger partial charge in [-0.05, 0) is 54.7 Å². The monoisotopic (exact) mass is 459 g/mol. The normalized spacial score (nSPS) is 12.4. The molecule has 0 radical (unpaired) electrons. The van der Waals surface area contributed by atoms with Crippen LogP contribution in [-0.2, 0) is 10.0 Å². The number of aromatic hydroxyl groups is 1. The number of nitrogens with one attached hydrogen (secondary N) is 2. The van der Waals surface area contributed by atoms with E-state index < -0.39 is 28.0 Å². The van der Waals surface area contributed by atoms with Crippen molar-refractivity contribution < 1.29 is 31.4 Å². The van der Waals surface area contributed by atoms with Crippen molar-refractivity contribution in [2.75, 3.05) is 5.32 Å². The Labute approximate surface area is 172 Å². The Morgan fingerprint density at radius 2 is 1.87 bits per heavy atom. The lowest BCUT2D eigenvalue weighted by Crippen LogP contribution is -2.16. The minimum Gasteiger partial charge on any atom is -0.493 e. The molecule has 0 atom stereocenters. The van der Waals surface area contributed by atoms with Crippen LogP contribution in [0, 0.1) is 0 Å². The minimum atomic E-state index is -4.88. The molecule has 1 aromatic heterocycles. The summed E-state index contributed by atoms with van der Waals surface area (Å²) in [7, 11) is -3.84. The summed E-state index contributed by atoms with van der Waals surface area (Å²) >= 11 is 5.00. The summed E-state index contributed by atoms with van der Waals surface area (Å²) in [6.07, 6.45) is -4.88. The van der Waals surface area contributed by atoms with E-state index in [0.29, 0.717) is 11.2 Å². The molecule has 0 aliphatic rings. The number of sulfonamides is 1. The molecule has 0 saturated heterocycles. The van der Waals surface area contributed by atoms with Gasteiger partial charge in [0.15, 0.2) is 5.69 Å². The first-order valence-electron chi connectivity index (χ1n) is 7.88. The zero-order chi connectivity index (χ0) is 22.1. The quantitative estimate of drug-likeness (QED) is 0.344. The average molecular weight is 459 g/mol. The zero-order valence-corrected chi connectivity index (χ0v) is 16.3. The fraction of sp³-hybridized carbons (Fsp3) is 0.0625. The van der Waals surface area contributed by atoms with E-state index in [2.05, 4.69) is 25.3 Å². The van der Waals surface area contributed by atoms with Gasteiger partial charge in [-0.3, -0.25) is 0 Å². The van der Waals surface area contributed by atoms with Gasteiger partial charge < -0.3 is 20.1 Å². The maximum Gasteiger partial charge on any atom is 0.573 e. The number of aromatic nitrogens is 1. The van der Waals surface area contributed by atoms with Crippen molar-refractivity contribution in [3.05, 3.63) is 42.5 Å². The molecule has 0 saturated carbocycles. The van der Waals surface area contributed by atoms with Gasteiger partial charge in [-0.15, -0.1) is 23.4 Å². The number of hydrogen-bond donors (Lipinski definition) is 4. The van der Waals surface area contributed by atoms with Crippen molar-refractivity contribution >= 4 is 49.6 Å². The number of nitrogens with two attached hydrogens (primary N) is 1. The maximum atomic E-state index is 12.4. The number of alkyl halides is 3. The molecule has 3 rings (SSSR count). The Kier molecular flexibility index (Phi) is 5.65. The molecule has 14 heteroatoms. The summed E-state index contributed by atoms with van der Waals surface area (Å²) < 4.78 is 63.6. The summed E-state index contributed by atoms with van der Waals surface area (Å²) in [4.78, 5) is 2.45. The van der Waals surface area contributed by atoms with Crippen LogP contribution in [-0.4, -0.2) is 30.0 Å². The number of hydrogen-bond acceptors (Lipinski definition) is 6. The van der Waals surface area contributed by atoms with E-state index in [-0.39, 0.29) is 21.1 Å². The van der Waals surface area contributed by atoms with Crippen LogP contribution in [0.2, 0.25) is 0 Å². The number of benzene rings is 2. The van der Waals surface area contributed by atoms with Gasteiger partial charge in [-0.25, -0.2) is 13.6 Å². The van der Waals surface area contributed by atoms with Crippen molar-refractivity contribution in [2.45, 2.75) is 11.3 Å². The van der Waals surface area contributed by atoms with E-state index in [4.69, 9.17) is 17.4 Å².